The summed E-state index contributed by atoms with van der Waals surface area (Å²) in [5.74, 6) is 5.16. The molecule has 2 nitrogen and oxygen atoms in total. The first-order valence-corrected chi connectivity index (χ1v) is 6.99. The third-order valence-electron chi connectivity index (χ3n) is 2.96. The van der Waals surface area contributed by atoms with E-state index >= 15 is 0 Å². The summed E-state index contributed by atoms with van der Waals surface area (Å²) in [6, 6.07) is 9.20. The van der Waals surface area contributed by atoms with Gasteiger partial charge in [0.25, 0.3) is 0 Å². The molecule has 0 amide bonds. The van der Waals surface area contributed by atoms with Crippen LogP contribution in [-0.4, -0.2) is 0 Å². The lowest BCUT2D eigenvalue weighted by Crippen LogP contribution is -2.30. The van der Waals surface area contributed by atoms with E-state index in [-0.39, 0.29) is 5.82 Å². The van der Waals surface area contributed by atoms with Gasteiger partial charge in [0.2, 0.25) is 0 Å². The van der Waals surface area contributed by atoms with Crippen LogP contribution >= 0.6 is 34.8 Å². The van der Waals surface area contributed by atoms with Crippen molar-refractivity contribution in [1.29, 1.82) is 0 Å². The molecule has 0 saturated heterocycles. The van der Waals surface area contributed by atoms with Crippen molar-refractivity contribution in [1.82, 2.24) is 5.43 Å². The zero-order valence-electron chi connectivity index (χ0n) is 10.3. The van der Waals surface area contributed by atoms with Crippen LogP contribution in [0.15, 0.2) is 36.4 Å². The molecule has 1 unspecified atom stereocenters. The van der Waals surface area contributed by atoms with Gasteiger partial charge in [0.15, 0.2) is 0 Å². The molecule has 3 N–H and O–H groups in total. The molecule has 0 aromatic heterocycles. The predicted molar refractivity (Wildman–Crippen MR) is 81.6 cm³/mol. The highest BCUT2D eigenvalue weighted by Crippen LogP contribution is 2.27. The van der Waals surface area contributed by atoms with Crippen LogP contribution in [0.25, 0.3) is 0 Å². The van der Waals surface area contributed by atoms with E-state index in [4.69, 9.17) is 40.6 Å². The van der Waals surface area contributed by atoms with E-state index in [1.54, 1.807) is 18.2 Å². The Balaban J connectivity index is 2.28. The Morgan fingerprint density at radius 1 is 1.05 bits per heavy atom. The van der Waals surface area contributed by atoms with E-state index < -0.39 is 6.04 Å². The van der Waals surface area contributed by atoms with Crippen LogP contribution in [0.1, 0.15) is 17.2 Å². The minimum atomic E-state index is -0.411. The van der Waals surface area contributed by atoms with Crippen molar-refractivity contribution >= 4 is 34.8 Å². The normalized spacial score (nSPS) is 12.4. The quantitative estimate of drug-likeness (QED) is 0.637. The summed E-state index contributed by atoms with van der Waals surface area (Å²) >= 11 is 17.7. The lowest BCUT2D eigenvalue weighted by atomic mass is 9.99. The maximum Gasteiger partial charge on any atom is 0.128 e. The average Bonchev–Trinajstić information content (AvgIpc) is 2.43. The third-order valence-corrected chi connectivity index (χ3v) is 3.93. The Bertz CT molecular complexity index is 619. The van der Waals surface area contributed by atoms with Crippen molar-refractivity contribution in [2.45, 2.75) is 12.5 Å². The number of nitrogens with one attached hydrogen (secondary N) is 1. The summed E-state index contributed by atoms with van der Waals surface area (Å²) in [5, 5.41) is 1.38. The molecule has 0 aliphatic rings. The Morgan fingerprint density at radius 3 is 2.45 bits per heavy atom. The summed E-state index contributed by atoms with van der Waals surface area (Å²) in [7, 11) is 0. The zero-order valence-corrected chi connectivity index (χ0v) is 12.6. The van der Waals surface area contributed by atoms with Crippen LogP contribution in [-0.2, 0) is 6.42 Å². The molecule has 20 heavy (non-hydrogen) atoms. The fourth-order valence-corrected chi connectivity index (χ4v) is 2.44. The lowest BCUT2D eigenvalue weighted by Gasteiger charge is -2.17. The molecule has 0 heterocycles. The number of halogens is 4. The van der Waals surface area contributed by atoms with Gasteiger partial charge >= 0.3 is 0 Å². The standard InChI is InChI=1S/C14H12Cl3FN2/c15-9-2-4-13(18)10(7-9)14(20-19)6-8-1-3-11(16)12(17)5-8/h1-5,7,14,20H,6,19H2. The minimum Gasteiger partial charge on any atom is -0.271 e. The molecule has 0 radical (unpaired) electrons. The maximum atomic E-state index is 13.9. The molecule has 6 heteroatoms. The Labute approximate surface area is 131 Å². The Kier molecular flexibility index (Phi) is 5.24. The van der Waals surface area contributed by atoms with Crippen molar-refractivity contribution in [3.8, 4) is 0 Å². The fourth-order valence-electron chi connectivity index (χ4n) is 1.94. The largest absolute Gasteiger partial charge is 0.271 e. The minimum absolute atomic E-state index is 0.364. The van der Waals surface area contributed by atoms with Crippen molar-refractivity contribution in [3.63, 3.8) is 0 Å². The molecule has 0 fully saturated rings. The van der Waals surface area contributed by atoms with Crippen LogP contribution in [0.2, 0.25) is 15.1 Å². The van der Waals surface area contributed by atoms with E-state index in [0.717, 1.165) is 5.56 Å². The molecule has 0 aliphatic carbocycles. The topological polar surface area (TPSA) is 38.0 Å². The van der Waals surface area contributed by atoms with E-state index in [9.17, 15) is 4.39 Å². The highest BCUT2D eigenvalue weighted by molar-refractivity contribution is 6.42. The number of nitrogens with two attached hydrogens (primary N) is 1. The smallest absolute Gasteiger partial charge is 0.128 e. The molecule has 2 rings (SSSR count). The van der Waals surface area contributed by atoms with E-state index in [2.05, 4.69) is 5.43 Å². The number of benzene rings is 2. The highest BCUT2D eigenvalue weighted by Gasteiger charge is 2.16. The van der Waals surface area contributed by atoms with Crippen molar-refractivity contribution in [2.75, 3.05) is 0 Å². The second-order valence-corrected chi connectivity index (χ2v) is 5.59. The molecule has 2 aromatic carbocycles. The Morgan fingerprint density at radius 2 is 1.80 bits per heavy atom. The summed E-state index contributed by atoms with van der Waals surface area (Å²) in [5.41, 5.74) is 3.89. The first kappa shape index (κ1) is 15.5. The summed E-state index contributed by atoms with van der Waals surface area (Å²) < 4.78 is 13.9. The molecular formula is C14H12Cl3FN2. The number of hydrazine groups is 1. The van der Waals surface area contributed by atoms with Crippen LogP contribution in [0.5, 0.6) is 0 Å². The number of rotatable bonds is 4. The first-order valence-electron chi connectivity index (χ1n) is 5.86. The molecule has 0 aliphatic heterocycles. The van der Waals surface area contributed by atoms with E-state index in [1.165, 1.54) is 12.1 Å². The number of hydrogen-bond donors (Lipinski definition) is 2. The van der Waals surface area contributed by atoms with Crippen molar-refractivity contribution < 1.29 is 4.39 Å². The molecule has 106 valence electrons. The first-order chi connectivity index (χ1) is 9.51. The highest BCUT2D eigenvalue weighted by atomic mass is 35.5. The van der Waals surface area contributed by atoms with Crippen LogP contribution in [0, 0.1) is 5.82 Å². The van der Waals surface area contributed by atoms with Gasteiger partial charge < -0.3 is 0 Å². The predicted octanol–water partition coefficient (Wildman–Crippen LogP) is 4.53. The van der Waals surface area contributed by atoms with Crippen molar-refractivity contribution in [3.05, 3.63) is 68.4 Å². The SMILES string of the molecule is NNC(Cc1ccc(Cl)c(Cl)c1)c1cc(Cl)ccc1F. The Hall–Kier alpha value is -0.840. The molecular weight excluding hydrogens is 322 g/mol. The summed E-state index contributed by atoms with van der Waals surface area (Å²) in [6.45, 7) is 0. The van der Waals surface area contributed by atoms with Gasteiger partial charge in [-0.25, -0.2) is 4.39 Å². The lowest BCUT2D eigenvalue weighted by molar-refractivity contribution is 0.510. The summed E-state index contributed by atoms with van der Waals surface area (Å²) in [4.78, 5) is 0. The van der Waals surface area contributed by atoms with Gasteiger partial charge in [0.1, 0.15) is 5.82 Å². The molecule has 0 spiro atoms. The molecule has 0 saturated carbocycles. The molecule has 2 aromatic rings. The monoisotopic (exact) mass is 332 g/mol. The number of hydrogen-bond acceptors (Lipinski definition) is 2. The van der Waals surface area contributed by atoms with Crippen molar-refractivity contribution in [2.24, 2.45) is 5.84 Å². The average molecular weight is 334 g/mol. The van der Waals surface area contributed by atoms with Crippen LogP contribution in [0.3, 0.4) is 0 Å². The van der Waals surface area contributed by atoms with E-state index in [0.29, 0.717) is 27.1 Å². The van der Waals surface area contributed by atoms with Gasteiger partial charge in [-0.1, -0.05) is 40.9 Å². The summed E-state index contributed by atoms with van der Waals surface area (Å²) in [6.07, 6.45) is 0.463. The second kappa shape index (κ2) is 6.74. The van der Waals surface area contributed by atoms with Gasteiger partial charge in [0, 0.05) is 10.6 Å². The molecule has 1 atom stereocenters. The van der Waals surface area contributed by atoms with Gasteiger partial charge in [-0.3, -0.25) is 11.3 Å². The van der Waals surface area contributed by atoms with Gasteiger partial charge in [-0.2, -0.15) is 0 Å². The second-order valence-electron chi connectivity index (χ2n) is 4.34. The van der Waals surface area contributed by atoms with Gasteiger partial charge in [0.05, 0.1) is 16.1 Å². The molecule has 0 bridgehead atoms. The van der Waals surface area contributed by atoms with Gasteiger partial charge in [-0.15, -0.1) is 0 Å². The van der Waals surface area contributed by atoms with Gasteiger partial charge in [-0.05, 0) is 42.3 Å². The van der Waals surface area contributed by atoms with E-state index in [1.807, 2.05) is 6.07 Å². The maximum absolute atomic E-state index is 13.9. The zero-order chi connectivity index (χ0) is 14.7. The fraction of sp³-hybridized carbons (Fsp3) is 0.143. The third kappa shape index (κ3) is 3.62. The van der Waals surface area contributed by atoms with Crippen LogP contribution in [0.4, 0.5) is 4.39 Å². The van der Waals surface area contributed by atoms with Crippen LogP contribution < -0.4 is 11.3 Å².